The Labute approximate surface area is 125 Å². The Morgan fingerprint density at radius 1 is 1.14 bits per heavy atom. The summed E-state index contributed by atoms with van der Waals surface area (Å²) in [5.41, 5.74) is 8.42. The van der Waals surface area contributed by atoms with Gasteiger partial charge in [-0.25, -0.2) is 0 Å². The molecule has 2 N–H and O–H groups in total. The molecule has 0 aliphatic rings. The molecule has 2 heterocycles. The first-order chi connectivity index (χ1) is 10.3. The molecular weight excluding hydrogens is 291 g/mol. The van der Waals surface area contributed by atoms with E-state index in [4.69, 9.17) is 5.73 Å². The quantitative estimate of drug-likeness (QED) is 0.734. The van der Waals surface area contributed by atoms with Crippen molar-refractivity contribution in [3.8, 4) is 11.3 Å². The molecule has 0 aliphatic heterocycles. The van der Waals surface area contributed by atoms with Crippen molar-refractivity contribution in [2.45, 2.75) is 13.1 Å². The zero-order chi connectivity index (χ0) is 16.1. The number of hydrogen-bond acceptors (Lipinski definition) is 2. The van der Waals surface area contributed by atoms with Crippen molar-refractivity contribution >= 4 is 16.6 Å². The van der Waals surface area contributed by atoms with Crippen LogP contribution in [0.25, 0.3) is 22.2 Å². The molecule has 3 rings (SSSR count). The summed E-state index contributed by atoms with van der Waals surface area (Å²) in [4.78, 5) is 4.28. The van der Waals surface area contributed by atoms with E-state index < -0.39 is 11.7 Å². The zero-order valence-electron chi connectivity index (χ0n) is 12.1. The standard InChI is InChI=1S/C16H14F3N3/c1-9-15(13-6-4-11(20)8-21-13)12-5-3-10(16(17,18)19)7-14(12)22(9)2/h3-8H,20H2,1-2H3. The van der Waals surface area contributed by atoms with Crippen LogP contribution >= 0.6 is 0 Å². The van der Waals surface area contributed by atoms with Crippen LogP contribution in [0, 0.1) is 6.92 Å². The molecule has 3 nitrogen and oxygen atoms in total. The van der Waals surface area contributed by atoms with E-state index in [1.165, 1.54) is 18.3 Å². The van der Waals surface area contributed by atoms with Gasteiger partial charge < -0.3 is 10.3 Å². The van der Waals surface area contributed by atoms with Crippen LogP contribution in [0.5, 0.6) is 0 Å². The molecule has 6 heteroatoms. The zero-order valence-corrected chi connectivity index (χ0v) is 12.1. The summed E-state index contributed by atoms with van der Waals surface area (Å²) in [5, 5.41) is 0.741. The van der Waals surface area contributed by atoms with Crippen LogP contribution in [-0.4, -0.2) is 9.55 Å². The average molecular weight is 305 g/mol. The fourth-order valence-electron chi connectivity index (χ4n) is 2.62. The van der Waals surface area contributed by atoms with Crippen LogP contribution < -0.4 is 5.73 Å². The number of anilines is 1. The van der Waals surface area contributed by atoms with Crippen molar-refractivity contribution < 1.29 is 13.2 Å². The molecule has 114 valence electrons. The number of benzene rings is 1. The van der Waals surface area contributed by atoms with Gasteiger partial charge >= 0.3 is 6.18 Å². The summed E-state index contributed by atoms with van der Waals surface area (Å²) in [7, 11) is 1.75. The van der Waals surface area contributed by atoms with E-state index in [2.05, 4.69) is 4.98 Å². The number of nitrogen functional groups attached to an aromatic ring is 1. The lowest BCUT2D eigenvalue weighted by Crippen LogP contribution is -2.04. The lowest BCUT2D eigenvalue weighted by atomic mass is 10.1. The van der Waals surface area contributed by atoms with Gasteiger partial charge in [-0.2, -0.15) is 13.2 Å². The fraction of sp³-hybridized carbons (Fsp3) is 0.188. The van der Waals surface area contributed by atoms with Crippen molar-refractivity contribution in [1.29, 1.82) is 0 Å². The molecule has 0 saturated carbocycles. The van der Waals surface area contributed by atoms with Crippen molar-refractivity contribution in [3.63, 3.8) is 0 Å². The van der Waals surface area contributed by atoms with Gasteiger partial charge in [-0.05, 0) is 31.2 Å². The Morgan fingerprint density at radius 2 is 1.86 bits per heavy atom. The molecule has 3 aromatic rings. The van der Waals surface area contributed by atoms with Crippen LogP contribution in [0.2, 0.25) is 0 Å². The Bertz CT molecular complexity index is 846. The Hall–Kier alpha value is -2.50. The normalized spacial score (nSPS) is 12.0. The van der Waals surface area contributed by atoms with Gasteiger partial charge in [0, 0.05) is 29.2 Å². The molecule has 0 atom stereocenters. The van der Waals surface area contributed by atoms with E-state index >= 15 is 0 Å². The smallest absolute Gasteiger partial charge is 0.397 e. The van der Waals surface area contributed by atoms with E-state index in [0.29, 0.717) is 16.9 Å². The van der Waals surface area contributed by atoms with Gasteiger partial charge in [0.1, 0.15) is 0 Å². The Balaban J connectivity index is 2.28. The van der Waals surface area contributed by atoms with Crippen molar-refractivity contribution in [2.24, 2.45) is 7.05 Å². The second-order valence-corrected chi connectivity index (χ2v) is 5.23. The number of rotatable bonds is 1. The number of hydrogen-bond donors (Lipinski definition) is 1. The number of nitrogens with zero attached hydrogens (tertiary/aromatic N) is 2. The van der Waals surface area contributed by atoms with Crippen LogP contribution in [0.4, 0.5) is 18.9 Å². The molecule has 0 saturated heterocycles. The summed E-state index contributed by atoms with van der Waals surface area (Å²) >= 11 is 0. The molecule has 0 fully saturated rings. The number of pyridine rings is 1. The topological polar surface area (TPSA) is 43.8 Å². The first-order valence-corrected chi connectivity index (χ1v) is 6.67. The first kappa shape index (κ1) is 14.4. The second-order valence-electron chi connectivity index (χ2n) is 5.23. The number of alkyl halides is 3. The number of fused-ring (bicyclic) bond motifs is 1. The number of nitrogens with two attached hydrogens (primary N) is 1. The average Bonchev–Trinajstić information content (AvgIpc) is 2.71. The van der Waals surface area contributed by atoms with Gasteiger partial charge in [-0.1, -0.05) is 6.07 Å². The Morgan fingerprint density at radius 3 is 2.45 bits per heavy atom. The third-order valence-corrected chi connectivity index (χ3v) is 3.86. The molecule has 1 aromatic carbocycles. The molecule has 0 aliphatic carbocycles. The van der Waals surface area contributed by atoms with Gasteiger partial charge in [0.15, 0.2) is 0 Å². The minimum absolute atomic E-state index is 0.529. The Kier molecular flexibility index (Phi) is 3.12. The van der Waals surface area contributed by atoms with Crippen molar-refractivity contribution in [3.05, 3.63) is 47.8 Å². The van der Waals surface area contributed by atoms with Crippen LogP contribution in [0.1, 0.15) is 11.3 Å². The van der Waals surface area contributed by atoms with Crippen LogP contribution in [0.15, 0.2) is 36.5 Å². The SMILES string of the molecule is Cc1c(-c2ccc(N)cn2)c2ccc(C(F)(F)F)cc2n1C. The van der Waals surface area contributed by atoms with E-state index in [-0.39, 0.29) is 0 Å². The molecule has 0 amide bonds. The summed E-state index contributed by atoms with van der Waals surface area (Å²) < 4.78 is 40.4. The highest BCUT2D eigenvalue weighted by Gasteiger charge is 2.31. The largest absolute Gasteiger partial charge is 0.416 e. The molecule has 2 aromatic heterocycles. The summed E-state index contributed by atoms with van der Waals surface area (Å²) in [6.45, 7) is 1.86. The van der Waals surface area contributed by atoms with E-state index in [0.717, 1.165) is 22.7 Å². The highest BCUT2D eigenvalue weighted by atomic mass is 19.4. The third kappa shape index (κ3) is 2.20. The van der Waals surface area contributed by atoms with E-state index in [9.17, 15) is 13.2 Å². The van der Waals surface area contributed by atoms with Gasteiger partial charge in [-0.15, -0.1) is 0 Å². The summed E-state index contributed by atoms with van der Waals surface area (Å²) in [6, 6.07) is 7.27. The maximum absolute atomic E-state index is 12.9. The number of halogens is 3. The van der Waals surface area contributed by atoms with E-state index in [1.807, 2.05) is 6.92 Å². The molecular formula is C16H14F3N3. The van der Waals surface area contributed by atoms with Crippen molar-refractivity contribution in [2.75, 3.05) is 5.73 Å². The first-order valence-electron chi connectivity index (χ1n) is 6.67. The van der Waals surface area contributed by atoms with E-state index in [1.54, 1.807) is 23.7 Å². The third-order valence-electron chi connectivity index (χ3n) is 3.86. The lowest BCUT2D eigenvalue weighted by molar-refractivity contribution is -0.137. The minimum Gasteiger partial charge on any atom is -0.397 e. The number of aryl methyl sites for hydroxylation is 1. The maximum atomic E-state index is 12.9. The highest BCUT2D eigenvalue weighted by Crippen LogP contribution is 2.37. The van der Waals surface area contributed by atoms with Gasteiger partial charge in [0.25, 0.3) is 0 Å². The molecule has 0 spiro atoms. The monoisotopic (exact) mass is 305 g/mol. The summed E-state index contributed by atoms with van der Waals surface area (Å²) in [6.07, 6.45) is -2.82. The summed E-state index contributed by atoms with van der Waals surface area (Å²) in [5.74, 6) is 0. The van der Waals surface area contributed by atoms with Crippen molar-refractivity contribution in [1.82, 2.24) is 9.55 Å². The molecule has 0 bridgehead atoms. The fourth-order valence-corrected chi connectivity index (χ4v) is 2.62. The van der Waals surface area contributed by atoms with Gasteiger partial charge in [0.2, 0.25) is 0 Å². The van der Waals surface area contributed by atoms with Gasteiger partial charge in [-0.3, -0.25) is 4.98 Å². The predicted molar refractivity (Wildman–Crippen MR) is 80.3 cm³/mol. The van der Waals surface area contributed by atoms with Crippen LogP contribution in [-0.2, 0) is 13.2 Å². The minimum atomic E-state index is -4.36. The highest BCUT2D eigenvalue weighted by molar-refractivity contribution is 5.97. The predicted octanol–water partition coefficient (Wildman–Crippen LogP) is 4.15. The lowest BCUT2D eigenvalue weighted by Gasteiger charge is -2.07. The number of aromatic nitrogens is 2. The molecule has 22 heavy (non-hydrogen) atoms. The second kappa shape index (κ2) is 4.76. The molecule has 0 unspecified atom stereocenters. The van der Waals surface area contributed by atoms with Gasteiger partial charge in [0.05, 0.1) is 23.1 Å². The van der Waals surface area contributed by atoms with Crippen LogP contribution in [0.3, 0.4) is 0 Å². The maximum Gasteiger partial charge on any atom is 0.416 e. The molecule has 0 radical (unpaired) electrons.